The Morgan fingerprint density at radius 3 is 2.70 bits per heavy atom. The summed E-state index contributed by atoms with van der Waals surface area (Å²) in [5, 5.41) is 3.14. The maximum Gasteiger partial charge on any atom is 0.242 e. The van der Waals surface area contributed by atoms with Crippen LogP contribution in [0.4, 0.5) is 15.8 Å². The third-order valence-corrected chi connectivity index (χ3v) is 3.83. The van der Waals surface area contributed by atoms with E-state index in [1.807, 2.05) is 30.1 Å². The highest BCUT2D eigenvalue weighted by Crippen LogP contribution is 2.36. The van der Waals surface area contributed by atoms with E-state index < -0.39 is 5.91 Å². The van der Waals surface area contributed by atoms with Gasteiger partial charge in [0.2, 0.25) is 5.91 Å². The van der Waals surface area contributed by atoms with Gasteiger partial charge in [-0.15, -0.1) is 0 Å². The number of anilines is 2. The van der Waals surface area contributed by atoms with Crippen molar-refractivity contribution >= 4 is 22.9 Å². The van der Waals surface area contributed by atoms with Crippen LogP contribution in [0.15, 0.2) is 48.5 Å². The van der Waals surface area contributed by atoms with Gasteiger partial charge in [0.25, 0.3) is 0 Å². The number of nitrogens with two attached hydrogens (primary N) is 2. The molecule has 2 aromatic rings. The van der Waals surface area contributed by atoms with Crippen LogP contribution in [-0.4, -0.2) is 19.2 Å². The van der Waals surface area contributed by atoms with Gasteiger partial charge in [-0.05, 0) is 41.0 Å². The van der Waals surface area contributed by atoms with E-state index >= 15 is 0 Å². The predicted octanol–water partition coefficient (Wildman–Crippen LogP) is 1.85. The molecule has 1 amide bonds. The fourth-order valence-corrected chi connectivity index (χ4v) is 2.65. The number of nitrogens with zero attached hydrogens (tertiary/aromatic N) is 1. The number of halogens is 1. The molecule has 5 nitrogen and oxygen atoms in total. The van der Waals surface area contributed by atoms with Gasteiger partial charge in [-0.1, -0.05) is 18.2 Å². The highest BCUT2D eigenvalue weighted by atomic mass is 19.1. The number of rotatable bonds is 3. The highest BCUT2D eigenvalue weighted by molar-refractivity contribution is 5.99. The molecule has 1 atom stereocenters. The monoisotopic (exact) mass is 312 g/mol. The number of benzene rings is 2. The molecule has 1 heterocycles. The average molecular weight is 312 g/mol. The van der Waals surface area contributed by atoms with E-state index in [-0.39, 0.29) is 12.1 Å². The molecule has 23 heavy (non-hydrogen) atoms. The molecule has 0 saturated carbocycles. The summed E-state index contributed by atoms with van der Waals surface area (Å²) in [4.78, 5) is 13.3. The fourth-order valence-electron chi connectivity index (χ4n) is 2.65. The van der Waals surface area contributed by atoms with Gasteiger partial charge in [-0.3, -0.25) is 10.5 Å². The second kappa shape index (κ2) is 5.73. The van der Waals surface area contributed by atoms with Crippen molar-refractivity contribution in [1.29, 1.82) is 0 Å². The molecule has 0 aromatic heterocycles. The second-order valence-electron chi connectivity index (χ2n) is 5.40. The van der Waals surface area contributed by atoms with Crippen molar-refractivity contribution in [3.05, 3.63) is 65.5 Å². The van der Waals surface area contributed by atoms with Crippen molar-refractivity contribution in [2.45, 2.75) is 6.29 Å². The number of amides is 1. The molecule has 3 rings (SSSR count). The number of carbonyl (C=O) groups is 1. The first-order valence-corrected chi connectivity index (χ1v) is 7.12. The van der Waals surface area contributed by atoms with Gasteiger partial charge in [0.05, 0.1) is 11.4 Å². The Bertz CT molecular complexity index is 803. The summed E-state index contributed by atoms with van der Waals surface area (Å²) in [5.41, 5.74) is 15.0. The van der Waals surface area contributed by atoms with Gasteiger partial charge in [0.1, 0.15) is 5.82 Å². The summed E-state index contributed by atoms with van der Waals surface area (Å²) in [6.45, 7) is 0. The number of hydrogen-bond acceptors (Lipinski definition) is 4. The van der Waals surface area contributed by atoms with Crippen molar-refractivity contribution in [2.24, 2.45) is 11.5 Å². The Morgan fingerprint density at radius 2 is 2.00 bits per heavy atom. The van der Waals surface area contributed by atoms with E-state index in [4.69, 9.17) is 11.5 Å². The third-order valence-electron chi connectivity index (χ3n) is 3.83. The summed E-state index contributed by atoms with van der Waals surface area (Å²) in [7, 11) is 1.87. The molecule has 1 aliphatic rings. The van der Waals surface area contributed by atoms with Gasteiger partial charge in [-0.2, -0.15) is 0 Å². The van der Waals surface area contributed by atoms with Crippen molar-refractivity contribution in [2.75, 3.05) is 17.3 Å². The molecule has 6 heteroatoms. The van der Waals surface area contributed by atoms with Crippen LogP contribution in [0, 0.1) is 5.82 Å². The molecule has 1 aliphatic heterocycles. The molecule has 0 bridgehead atoms. The summed E-state index contributed by atoms with van der Waals surface area (Å²) in [6, 6.07) is 11.7. The van der Waals surface area contributed by atoms with Gasteiger partial charge in [-0.25, -0.2) is 4.39 Å². The van der Waals surface area contributed by atoms with Crippen molar-refractivity contribution in [1.82, 2.24) is 0 Å². The zero-order valence-corrected chi connectivity index (χ0v) is 12.6. The van der Waals surface area contributed by atoms with Crippen LogP contribution >= 0.6 is 0 Å². The number of carbonyl (C=O) groups excluding carboxylic acids is 1. The van der Waals surface area contributed by atoms with E-state index in [9.17, 15) is 9.18 Å². The van der Waals surface area contributed by atoms with Gasteiger partial charge in [0, 0.05) is 13.1 Å². The molecular formula is C17H17FN4O. The average Bonchev–Trinajstić information content (AvgIpc) is 2.79. The van der Waals surface area contributed by atoms with Crippen LogP contribution in [0.3, 0.4) is 0 Å². The SMILES string of the molecule is CN1c2cc(/C(=C/C(N)=O)c3cccc(F)c3)ccc2NC1N. The molecule has 0 aliphatic carbocycles. The normalized spacial score (nSPS) is 16.9. The standard InChI is InChI=1S/C17H17FN4O/c1-22-15-8-11(5-6-14(15)21-17(22)20)13(9-16(19)23)10-3-2-4-12(18)7-10/h2-9,17,21H,20H2,1H3,(H2,19,23)/b13-9+. The summed E-state index contributed by atoms with van der Waals surface area (Å²) < 4.78 is 13.5. The van der Waals surface area contributed by atoms with Gasteiger partial charge < -0.3 is 16.0 Å². The molecule has 0 fully saturated rings. The lowest BCUT2D eigenvalue weighted by Gasteiger charge is -2.17. The Morgan fingerprint density at radius 1 is 1.26 bits per heavy atom. The maximum atomic E-state index is 13.5. The largest absolute Gasteiger partial charge is 0.366 e. The minimum atomic E-state index is -0.590. The van der Waals surface area contributed by atoms with Crippen LogP contribution < -0.4 is 21.7 Å². The lowest BCUT2D eigenvalue weighted by Crippen LogP contribution is -2.40. The van der Waals surface area contributed by atoms with E-state index in [0.29, 0.717) is 11.1 Å². The van der Waals surface area contributed by atoms with Crippen molar-refractivity contribution in [3.63, 3.8) is 0 Å². The summed E-state index contributed by atoms with van der Waals surface area (Å²) in [5.74, 6) is -0.965. The molecule has 1 unspecified atom stereocenters. The molecular weight excluding hydrogens is 295 g/mol. The molecule has 118 valence electrons. The van der Waals surface area contributed by atoms with E-state index in [2.05, 4.69) is 5.32 Å². The van der Waals surface area contributed by atoms with Crippen LogP contribution in [0.1, 0.15) is 11.1 Å². The summed E-state index contributed by atoms with van der Waals surface area (Å²) >= 11 is 0. The Balaban J connectivity index is 2.11. The lowest BCUT2D eigenvalue weighted by molar-refractivity contribution is -0.113. The third kappa shape index (κ3) is 2.89. The van der Waals surface area contributed by atoms with Crippen LogP contribution in [0.25, 0.3) is 5.57 Å². The van der Waals surface area contributed by atoms with E-state index in [1.54, 1.807) is 12.1 Å². The molecule has 0 saturated heterocycles. The van der Waals surface area contributed by atoms with E-state index in [1.165, 1.54) is 18.2 Å². The first-order chi connectivity index (χ1) is 11.0. The zero-order valence-electron chi connectivity index (χ0n) is 12.6. The first-order valence-electron chi connectivity index (χ1n) is 7.12. The quantitative estimate of drug-likeness (QED) is 0.755. The maximum absolute atomic E-state index is 13.5. The molecule has 5 N–H and O–H groups in total. The molecule has 2 aromatic carbocycles. The Labute approximate surface area is 133 Å². The van der Waals surface area contributed by atoms with Gasteiger partial charge in [0.15, 0.2) is 6.29 Å². The Kier molecular flexibility index (Phi) is 3.75. The van der Waals surface area contributed by atoms with Crippen molar-refractivity contribution < 1.29 is 9.18 Å². The van der Waals surface area contributed by atoms with Crippen LogP contribution in [-0.2, 0) is 4.79 Å². The second-order valence-corrected chi connectivity index (χ2v) is 5.40. The van der Waals surface area contributed by atoms with Gasteiger partial charge >= 0.3 is 0 Å². The van der Waals surface area contributed by atoms with Crippen LogP contribution in [0.5, 0.6) is 0 Å². The molecule has 0 spiro atoms. The smallest absolute Gasteiger partial charge is 0.242 e. The first kappa shape index (κ1) is 15.1. The zero-order chi connectivity index (χ0) is 16.6. The number of hydrogen-bond donors (Lipinski definition) is 3. The highest BCUT2D eigenvalue weighted by Gasteiger charge is 2.23. The summed E-state index contributed by atoms with van der Waals surface area (Å²) in [6.07, 6.45) is 0.997. The van der Waals surface area contributed by atoms with E-state index in [0.717, 1.165) is 16.9 Å². The number of fused-ring (bicyclic) bond motifs is 1. The Hall–Kier alpha value is -2.86. The fraction of sp³-hybridized carbons (Fsp3) is 0.118. The lowest BCUT2D eigenvalue weighted by atomic mass is 9.96. The minimum absolute atomic E-state index is 0.307. The number of primary amides is 1. The molecule has 0 radical (unpaired) electrons. The number of nitrogens with one attached hydrogen (secondary N) is 1. The van der Waals surface area contributed by atoms with Crippen molar-refractivity contribution in [3.8, 4) is 0 Å². The predicted molar refractivity (Wildman–Crippen MR) is 89.1 cm³/mol. The van der Waals surface area contributed by atoms with Crippen LogP contribution in [0.2, 0.25) is 0 Å². The minimum Gasteiger partial charge on any atom is -0.366 e. The topological polar surface area (TPSA) is 84.4 Å².